The van der Waals surface area contributed by atoms with Gasteiger partial charge in [-0.2, -0.15) is 0 Å². The van der Waals surface area contributed by atoms with Crippen LogP contribution in [0, 0.1) is 6.92 Å². The van der Waals surface area contributed by atoms with Gasteiger partial charge < -0.3 is 14.3 Å². The van der Waals surface area contributed by atoms with Crippen molar-refractivity contribution in [1.82, 2.24) is 0 Å². The van der Waals surface area contributed by atoms with Crippen molar-refractivity contribution in [3.8, 4) is 5.75 Å². The summed E-state index contributed by atoms with van der Waals surface area (Å²) in [4.78, 5) is 13.8. The normalized spacial score (nSPS) is 16.3. The van der Waals surface area contributed by atoms with Crippen LogP contribution in [0.2, 0.25) is 0 Å². The lowest BCUT2D eigenvalue weighted by atomic mass is 9.98. The van der Waals surface area contributed by atoms with Crippen LogP contribution in [-0.4, -0.2) is 25.0 Å². The van der Waals surface area contributed by atoms with Crippen molar-refractivity contribution in [3.63, 3.8) is 0 Å². The number of fused-ring (bicyclic) bond motifs is 3. The minimum absolute atomic E-state index is 0.100. The highest BCUT2D eigenvalue weighted by atomic mass is 16.5. The summed E-state index contributed by atoms with van der Waals surface area (Å²) in [6.45, 7) is 3.86. The number of aryl methyl sites for hydroxylation is 1. The number of benzene rings is 2. The molecule has 5 heteroatoms. The summed E-state index contributed by atoms with van der Waals surface area (Å²) in [7, 11) is 0. The van der Waals surface area contributed by atoms with Crippen molar-refractivity contribution in [2.24, 2.45) is 0 Å². The second-order valence-corrected chi connectivity index (χ2v) is 6.76. The molecular formula is C21H22NO4+. The number of nitrogens with one attached hydrogen (secondary N) is 1. The van der Waals surface area contributed by atoms with Gasteiger partial charge in [-0.15, -0.1) is 0 Å². The molecule has 2 heterocycles. The third kappa shape index (κ3) is 3.00. The number of quaternary nitrogens is 1. The lowest BCUT2D eigenvalue weighted by Gasteiger charge is -2.26. The molecule has 0 aliphatic carbocycles. The topological polar surface area (TPSA) is 64.1 Å². The Morgan fingerprint density at radius 3 is 2.73 bits per heavy atom. The standard InChI is InChI=1S/C21H21NO4/c1-14-16-7-8-19-18(12-22(9-10-23)13-25-19)20(16)26-21(24)17(14)11-15-5-3-2-4-6-15/h2-8,23H,9-13H2,1H3/p+1. The Balaban J connectivity index is 1.81. The van der Waals surface area contributed by atoms with E-state index in [9.17, 15) is 9.90 Å². The van der Waals surface area contributed by atoms with Crippen LogP contribution in [0.5, 0.6) is 5.75 Å². The molecule has 1 aliphatic heterocycles. The molecule has 0 amide bonds. The van der Waals surface area contributed by atoms with Gasteiger partial charge in [0.05, 0.1) is 12.2 Å². The van der Waals surface area contributed by atoms with Crippen molar-refractivity contribution >= 4 is 11.0 Å². The Kier molecular flexibility index (Phi) is 4.49. The number of ether oxygens (including phenoxy) is 1. The quantitative estimate of drug-likeness (QED) is 0.697. The van der Waals surface area contributed by atoms with Gasteiger partial charge >= 0.3 is 5.63 Å². The summed E-state index contributed by atoms with van der Waals surface area (Å²) in [5, 5.41) is 10.1. The number of aliphatic hydroxyl groups is 1. The van der Waals surface area contributed by atoms with Gasteiger partial charge in [-0.25, -0.2) is 4.79 Å². The van der Waals surface area contributed by atoms with Crippen molar-refractivity contribution < 1.29 is 19.2 Å². The molecule has 134 valence electrons. The monoisotopic (exact) mass is 352 g/mol. The highest BCUT2D eigenvalue weighted by Gasteiger charge is 2.25. The predicted molar refractivity (Wildman–Crippen MR) is 98.6 cm³/mol. The van der Waals surface area contributed by atoms with E-state index in [2.05, 4.69) is 0 Å². The van der Waals surface area contributed by atoms with E-state index in [0.717, 1.165) is 32.7 Å². The van der Waals surface area contributed by atoms with Gasteiger partial charge in [0, 0.05) is 17.4 Å². The number of hydrogen-bond donors (Lipinski definition) is 2. The van der Waals surface area contributed by atoms with Crippen LogP contribution in [-0.2, 0) is 13.0 Å². The van der Waals surface area contributed by atoms with Crippen molar-refractivity contribution in [1.29, 1.82) is 0 Å². The first kappa shape index (κ1) is 16.8. The number of rotatable bonds is 4. The lowest BCUT2D eigenvalue weighted by Crippen LogP contribution is -3.12. The minimum atomic E-state index is -0.290. The summed E-state index contributed by atoms with van der Waals surface area (Å²) in [5.41, 5.74) is 3.96. The molecule has 1 aromatic heterocycles. The van der Waals surface area contributed by atoms with Gasteiger partial charge in [-0.3, -0.25) is 4.90 Å². The fraction of sp³-hybridized carbons (Fsp3) is 0.286. The Labute approximate surface area is 151 Å². The summed E-state index contributed by atoms with van der Waals surface area (Å²) in [5.74, 6) is 0.762. The molecule has 0 spiro atoms. The molecule has 26 heavy (non-hydrogen) atoms. The molecule has 2 aromatic carbocycles. The summed E-state index contributed by atoms with van der Waals surface area (Å²) in [6.07, 6.45) is 0.556. The first-order chi connectivity index (χ1) is 12.7. The zero-order valence-corrected chi connectivity index (χ0v) is 14.7. The van der Waals surface area contributed by atoms with Gasteiger partial charge in [0.15, 0.2) is 5.58 Å². The molecule has 0 radical (unpaired) electrons. The third-order valence-electron chi connectivity index (χ3n) is 5.06. The Morgan fingerprint density at radius 1 is 1.15 bits per heavy atom. The molecule has 0 saturated heterocycles. The van der Waals surface area contributed by atoms with E-state index in [1.54, 1.807) is 0 Å². The SMILES string of the molecule is Cc1c(Cc2ccccc2)c(=O)oc2c3c(ccc12)OC[NH+](CCO)C3. The first-order valence-corrected chi connectivity index (χ1v) is 8.86. The van der Waals surface area contributed by atoms with E-state index in [0.29, 0.717) is 37.4 Å². The third-order valence-corrected chi connectivity index (χ3v) is 5.06. The average Bonchev–Trinajstić information content (AvgIpc) is 2.66. The van der Waals surface area contributed by atoms with Gasteiger partial charge in [0.2, 0.25) is 6.73 Å². The molecule has 0 saturated carbocycles. The second kappa shape index (κ2) is 6.94. The molecule has 1 unspecified atom stereocenters. The van der Waals surface area contributed by atoms with Crippen LogP contribution in [0.25, 0.3) is 11.0 Å². The smallest absolute Gasteiger partial charge is 0.340 e. The zero-order chi connectivity index (χ0) is 18.1. The van der Waals surface area contributed by atoms with E-state index < -0.39 is 0 Å². The maximum atomic E-state index is 12.7. The van der Waals surface area contributed by atoms with Crippen molar-refractivity contribution in [2.75, 3.05) is 19.9 Å². The molecular weight excluding hydrogens is 330 g/mol. The summed E-state index contributed by atoms with van der Waals surface area (Å²) in [6, 6.07) is 13.9. The van der Waals surface area contributed by atoms with E-state index >= 15 is 0 Å². The van der Waals surface area contributed by atoms with Crippen LogP contribution in [0.4, 0.5) is 0 Å². The largest absolute Gasteiger partial charge is 0.445 e. The fourth-order valence-corrected chi connectivity index (χ4v) is 3.60. The molecule has 4 rings (SSSR count). The summed E-state index contributed by atoms with van der Waals surface area (Å²) < 4.78 is 11.6. The van der Waals surface area contributed by atoms with Crippen LogP contribution in [0.15, 0.2) is 51.7 Å². The van der Waals surface area contributed by atoms with Crippen LogP contribution in [0.3, 0.4) is 0 Å². The minimum Gasteiger partial charge on any atom is -0.445 e. The van der Waals surface area contributed by atoms with Crippen molar-refractivity contribution in [2.45, 2.75) is 19.9 Å². The molecule has 0 bridgehead atoms. The van der Waals surface area contributed by atoms with Crippen LogP contribution < -0.4 is 15.3 Å². The highest BCUT2D eigenvalue weighted by Crippen LogP contribution is 2.31. The van der Waals surface area contributed by atoms with Crippen LogP contribution in [0.1, 0.15) is 22.3 Å². The van der Waals surface area contributed by atoms with E-state index in [1.165, 1.54) is 0 Å². The molecule has 1 atom stereocenters. The maximum absolute atomic E-state index is 12.7. The highest BCUT2D eigenvalue weighted by molar-refractivity contribution is 5.85. The van der Waals surface area contributed by atoms with E-state index in [1.807, 2.05) is 49.4 Å². The van der Waals surface area contributed by atoms with Crippen molar-refractivity contribution in [3.05, 3.63) is 75.1 Å². The zero-order valence-electron chi connectivity index (χ0n) is 14.7. The second-order valence-electron chi connectivity index (χ2n) is 6.76. The first-order valence-electron chi connectivity index (χ1n) is 8.86. The fourth-order valence-electron chi connectivity index (χ4n) is 3.60. The number of aliphatic hydroxyl groups excluding tert-OH is 1. The maximum Gasteiger partial charge on any atom is 0.340 e. The lowest BCUT2D eigenvalue weighted by molar-refractivity contribution is -0.932. The van der Waals surface area contributed by atoms with Gasteiger partial charge in [-0.05, 0) is 30.2 Å². The number of hydrogen-bond acceptors (Lipinski definition) is 4. The van der Waals surface area contributed by atoms with Gasteiger partial charge in [-0.1, -0.05) is 30.3 Å². The molecule has 5 nitrogen and oxygen atoms in total. The van der Waals surface area contributed by atoms with E-state index in [-0.39, 0.29) is 12.2 Å². The molecule has 3 aromatic rings. The van der Waals surface area contributed by atoms with Crippen LogP contribution >= 0.6 is 0 Å². The Hall–Kier alpha value is -2.63. The summed E-state index contributed by atoms with van der Waals surface area (Å²) >= 11 is 0. The van der Waals surface area contributed by atoms with Gasteiger partial charge in [0.25, 0.3) is 0 Å². The molecule has 0 fully saturated rings. The Morgan fingerprint density at radius 2 is 1.96 bits per heavy atom. The predicted octanol–water partition coefficient (Wildman–Crippen LogP) is 1.42. The Bertz CT molecular complexity index is 994. The van der Waals surface area contributed by atoms with Gasteiger partial charge in [0.1, 0.15) is 18.8 Å². The molecule has 2 N–H and O–H groups in total. The average molecular weight is 352 g/mol. The van der Waals surface area contributed by atoms with E-state index in [4.69, 9.17) is 9.15 Å². The molecule has 1 aliphatic rings.